The first-order chi connectivity index (χ1) is 12.7. The maximum Gasteiger partial charge on any atom is 0.417 e. The summed E-state index contributed by atoms with van der Waals surface area (Å²) in [5, 5.41) is -0.168. The molecule has 0 fully saturated rings. The molecule has 0 N–H and O–H groups in total. The number of imidazole rings is 1. The quantitative estimate of drug-likeness (QED) is 0.673. The molecule has 0 aliphatic rings. The van der Waals surface area contributed by atoms with Crippen LogP contribution in [0.25, 0.3) is 5.65 Å². The summed E-state index contributed by atoms with van der Waals surface area (Å²) in [6, 6.07) is 0.811. The van der Waals surface area contributed by atoms with Crippen LogP contribution < -0.4 is 0 Å². The molecule has 2 heterocycles. The number of ether oxygens (including phenoxy) is 2. The molecule has 2 aromatic heterocycles. The van der Waals surface area contributed by atoms with Gasteiger partial charge in [0.25, 0.3) is 5.91 Å². The number of hydrogen-bond donors (Lipinski definition) is 0. The average Bonchev–Trinajstić information content (AvgIpc) is 2.99. The highest BCUT2D eigenvalue weighted by atomic mass is 35.5. The van der Waals surface area contributed by atoms with Gasteiger partial charge in [-0.15, -0.1) is 0 Å². The number of fused-ring (bicyclic) bond motifs is 1. The Morgan fingerprint density at radius 3 is 2.33 bits per heavy atom. The smallest absolute Gasteiger partial charge is 0.383 e. The molecule has 2 rings (SSSR count). The Morgan fingerprint density at radius 2 is 1.85 bits per heavy atom. The molecule has 0 atom stereocenters. The lowest BCUT2D eigenvalue weighted by Gasteiger charge is -2.22. The predicted molar refractivity (Wildman–Crippen MR) is 94.2 cm³/mol. The molecule has 0 aliphatic carbocycles. The van der Waals surface area contributed by atoms with Crippen molar-refractivity contribution in [2.24, 2.45) is 0 Å². The van der Waals surface area contributed by atoms with E-state index in [-0.39, 0.29) is 42.7 Å². The Morgan fingerprint density at radius 1 is 1.26 bits per heavy atom. The van der Waals surface area contributed by atoms with Crippen molar-refractivity contribution in [3.63, 3.8) is 0 Å². The molecule has 0 saturated heterocycles. The summed E-state index contributed by atoms with van der Waals surface area (Å²) >= 11 is 6.01. The Hall–Kier alpha value is -1.84. The largest absolute Gasteiger partial charge is 0.417 e. The summed E-state index contributed by atoms with van der Waals surface area (Å²) in [5.74, 6) is -0.455. The van der Waals surface area contributed by atoms with E-state index < -0.39 is 17.6 Å². The highest BCUT2D eigenvalue weighted by Gasteiger charge is 2.33. The second-order valence-electron chi connectivity index (χ2n) is 5.81. The molecule has 0 aliphatic heterocycles. The number of carbonyl (C=O) groups is 1. The van der Waals surface area contributed by atoms with Crippen molar-refractivity contribution in [2.75, 3.05) is 40.5 Å². The van der Waals surface area contributed by atoms with E-state index in [1.807, 2.05) is 0 Å². The number of pyridine rings is 1. The number of halogens is 4. The third-order valence-electron chi connectivity index (χ3n) is 4.03. The molecule has 0 bridgehead atoms. The highest BCUT2D eigenvalue weighted by molar-refractivity contribution is 6.33. The number of methoxy groups -OCH3 is 2. The molecule has 10 heteroatoms. The molecule has 0 aromatic carbocycles. The molecule has 6 nitrogen and oxygen atoms in total. The van der Waals surface area contributed by atoms with Gasteiger partial charge in [0, 0.05) is 33.5 Å². The second kappa shape index (κ2) is 8.90. The Labute approximate surface area is 159 Å². The van der Waals surface area contributed by atoms with Crippen LogP contribution >= 0.6 is 11.6 Å². The lowest BCUT2D eigenvalue weighted by Crippen LogP contribution is -2.37. The summed E-state index contributed by atoms with van der Waals surface area (Å²) < 4.78 is 50.7. The van der Waals surface area contributed by atoms with E-state index in [4.69, 9.17) is 21.1 Å². The van der Waals surface area contributed by atoms with Crippen molar-refractivity contribution >= 4 is 23.2 Å². The van der Waals surface area contributed by atoms with E-state index in [0.717, 1.165) is 16.7 Å². The van der Waals surface area contributed by atoms with Gasteiger partial charge in [0.15, 0.2) is 5.65 Å². The van der Waals surface area contributed by atoms with Gasteiger partial charge in [0.1, 0.15) is 5.69 Å². The molecule has 0 saturated carbocycles. The zero-order chi connectivity index (χ0) is 20.2. The first kappa shape index (κ1) is 21.5. The minimum Gasteiger partial charge on any atom is -0.383 e. The van der Waals surface area contributed by atoms with Gasteiger partial charge in [-0.25, -0.2) is 4.98 Å². The van der Waals surface area contributed by atoms with Crippen LogP contribution in [-0.2, 0) is 22.1 Å². The third-order valence-corrected chi connectivity index (χ3v) is 4.31. The van der Waals surface area contributed by atoms with Crippen molar-refractivity contribution < 1.29 is 27.4 Å². The van der Waals surface area contributed by atoms with Gasteiger partial charge in [0.05, 0.1) is 29.5 Å². The fourth-order valence-electron chi connectivity index (χ4n) is 2.65. The lowest BCUT2D eigenvalue weighted by molar-refractivity contribution is -0.137. The molecule has 0 radical (unpaired) electrons. The van der Waals surface area contributed by atoms with E-state index in [9.17, 15) is 18.0 Å². The Balaban J connectivity index is 2.59. The number of hydrogen-bond acceptors (Lipinski definition) is 4. The van der Waals surface area contributed by atoms with Crippen molar-refractivity contribution in [3.05, 3.63) is 34.2 Å². The number of amides is 1. The molecule has 150 valence electrons. The van der Waals surface area contributed by atoms with Crippen LogP contribution in [0, 0.1) is 0 Å². The van der Waals surface area contributed by atoms with E-state index >= 15 is 0 Å². The summed E-state index contributed by atoms with van der Waals surface area (Å²) in [6.07, 6.45) is -3.38. The number of carbonyl (C=O) groups excluding carboxylic acids is 1. The van der Waals surface area contributed by atoms with Crippen molar-refractivity contribution in [1.82, 2.24) is 14.3 Å². The predicted octanol–water partition coefficient (Wildman–Crippen LogP) is 3.30. The fourth-order valence-corrected chi connectivity index (χ4v) is 2.90. The molecular formula is C17H21ClF3N3O3. The summed E-state index contributed by atoms with van der Waals surface area (Å²) in [6.45, 7) is 2.86. The molecular weight excluding hydrogens is 387 g/mol. The number of alkyl halides is 3. The number of aryl methyl sites for hydroxylation is 1. The van der Waals surface area contributed by atoms with Crippen molar-refractivity contribution in [1.29, 1.82) is 0 Å². The maximum atomic E-state index is 13.2. The van der Waals surface area contributed by atoms with Crippen LogP contribution in [0.5, 0.6) is 0 Å². The van der Waals surface area contributed by atoms with Gasteiger partial charge >= 0.3 is 6.18 Å². The first-order valence-corrected chi connectivity index (χ1v) is 8.67. The lowest BCUT2D eigenvalue weighted by atomic mass is 10.2. The Bertz CT molecular complexity index is 800. The second-order valence-corrected chi connectivity index (χ2v) is 6.21. The topological polar surface area (TPSA) is 56.1 Å². The van der Waals surface area contributed by atoms with Gasteiger partial charge in [-0.2, -0.15) is 13.2 Å². The fraction of sp³-hybridized carbons (Fsp3) is 0.529. The van der Waals surface area contributed by atoms with Crippen molar-refractivity contribution in [3.8, 4) is 0 Å². The molecule has 2 aromatic rings. The average molecular weight is 408 g/mol. The van der Waals surface area contributed by atoms with Gasteiger partial charge in [-0.05, 0) is 12.5 Å². The summed E-state index contributed by atoms with van der Waals surface area (Å²) in [7, 11) is 3.00. The minimum absolute atomic E-state index is 0.0627. The van der Waals surface area contributed by atoms with Crippen LogP contribution in [0.15, 0.2) is 12.3 Å². The molecule has 1 amide bonds. The van der Waals surface area contributed by atoms with Crippen molar-refractivity contribution in [2.45, 2.75) is 19.5 Å². The summed E-state index contributed by atoms with van der Waals surface area (Å²) in [5.41, 5.74) is -0.397. The number of rotatable bonds is 8. The van der Waals surface area contributed by atoms with Gasteiger partial charge in [0.2, 0.25) is 0 Å². The first-order valence-electron chi connectivity index (χ1n) is 8.29. The van der Waals surface area contributed by atoms with Crippen LogP contribution in [0.1, 0.15) is 28.7 Å². The molecule has 0 unspecified atom stereocenters. The number of nitrogens with zero attached hydrogens (tertiary/aromatic N) is 3. The van der Waals surface area contributed by atoms with Crippen LogP contribution in [0.3, 0.4) is 0 Å². The van der Waals surface area contributed by atoms with Crippen LogP contribution in [0.4, 0.5) is 13.2 Å². The molecule has 27 heavy (non-hydrogen) atoms. The highest BCUT2D eigenvalue weighted by Crippen LogP contribution is 2.33. The van der Waals surface area contributed by atoms with Crippen LogP contribution in [-0.4, -0.2) is 60.7 Å². The van der Waals surface area contributed by atoms with E-state index in [0.29, 0.717) is 12.1 Å². The van der Waals surface area contributed by atoms with Gasteiger partial charge in [-0.1, -0.05) is 18.5 Å². The Kier molecular flexibility index (Phi) is 7.07. The maximum absolute atomic E-state index is 13.2. The SMILES string of the molecule is CCc1nc2c(Cl)cc(C(F)(F)F)cn2c1C(=O)N(CCOC)CCOC. The monoisotopic (exact) mass is 407 g/mol. The minimum atomic E-state index is -4.60. The zero-order valence-electron chi connectivity index (χ0n) is 15.3. The van der Waals surface area contributed by atoms with Gasteiger partial charge in [-0.3, -0.25) is 9.20 Å². The van der Waals surface area contributed by atoms with E-state index in [1.165, 1.54) is 19.1 Å². The molecule has 0 spiro atoms. The van der Waals surface area contributed by atoms with Crippen LogP contribution in [0.2, 0.25) is 5.02 Å². The normalized spacial score (nSPS) is 12.0. The summed E-state index contributed by atoms with van der Waals surface area (Å²) in [4.78, 5) is 18.8. The third kappa shape index (κ3) is 4.72. The standard InChI is InChI=1S/C17H21ClF3N3O3/c1-4-13-14(16(25)23(5-7-26-2)6-8-27-3)24-10-11(17(19,20)21)9-12(18)15(24)22-13/h9-10H,4-8H2,1-3H3. The van der Waals surface area contributed by atoms with E-state index in [2.05, 4.69) is 4.98 Å². The van der Waals surface area contributed by atoms with E-state index in [1.54, 1.807) is 6.92 Å². The zero-order valence-corrected chi connectivity index (χ0v) is 16.0. The van der Waals surface area contributed by atoms with Gasteiger partial charge < -0.3 is 14.4 Å². The number of aromatic nitrogens is 2.